The highest BCUT2D eigenvalue weighted by molar-refractivity contribution is 5.95. The molecule has 0 unspecified atom stereocenters. The first kappa shape index (κ1) is 45.7. The van der Waals surface area contributed by atoms with Crippen LogP contribution in [0.1, 0.15) is 107 Å². The van der Waals surface area contributed by atoms with E-state index in [2.05, 4.69) is 74.4 Å². The fourth-order valence-corrected chi connectivity index (χ4v) is 6.42. The van der Waals surface area contributed by atoms with Gasteiger partial charge in [0.05, 0.1) is 29.5 Å². The van der Waals surface area contributed by atoms with Crippen molar-refractivity contribution < 1.29 is 4.79 Å². The lowest BCUT2D eigenvalue weighted by Crippen LogP contribution is -2.31. The number of benzene rings is 4. The summed E-state index contributed by atoms with van der Waals surface area (Å²) in [4.78, 5) is 36.1. The summed E-state index contributed by atoms with van der Waals surface area (Å²) in [6.07, 6.45) is 8.03. The second-order valence-corrected chi connectivity index (χ2v) is 12.5. The van der Waals surface area contributed by atoms with Crippen LogP contribution in [-0.4, -0.2) is 38.8 Å². The van der Waals surface area contributed by atoms with E-state index in [-0.39, 0.29) is 5.78 Å². The zero-order valence-corrected chi connectivity index (χ0v) is 35.7. The van der Waals surface area contributed by atoms with Crippen LogP contribution in [0.15, 0.2) is 134 Å². The molecule has 8 rings (SSSR count). The van der Waals surface area contributed by atoms with Gasteiger partial charge in [0.2, 0.25) is 0 Å². The van der Waals surface area contributed by atoms with Gasteiger partial charge in [-0.2, -0.15) is 0 Å². The van der Waals surface area contributed by atoms with E-state index in [9.17, 15) is 4.79 Å². The van der Waals surface area contributed by atoms with E-state index in [0.717, 1.165) is 91.7 Å². The average molecular weight is 765 g/mol. The Hall–Kier alpha value is -5.69. The van der Waals surface area contributed by atoms with Crippen molar-refractivity contribution >= 4 is 17.4 Å². The van der Waals surface area contributed by atoms with Gasteiger partial charge in [-0.1, -0.05) is 177 Å². The molecule has 0 bridgehead atoms. The lowest BCUT2D eigenvalue weighted by molar-refractivity contribution is 0.0987. The third kappa shape index (κ3) is 13.8. The Morgan fingerprint density at radius 1 is 0.509 bits per heavy atom. The zero-order valence-electron chi connectivity index (χ0n) is 35.7. The summed E-state index contributed by atoms with van der Waals surface area (Å²) in [6, 6.07) is 41.0. The first-order valence-electron chi connectivity index (χ1n) is 21.1. The predicted molar refractivity (Wildman–Crippen MR) is 241 cm³/mol. The second kappa shape index (κ2) is 26.2. The quantitative estimate of drug-likeness (QED) is 0.143. The summed E-state index contributed by atoms with van der Waals surface area (Å²) in [7, 11) is 0. The van der Waals surface area contributed by atoms with E-state index < -0.39 is 0 Å². The number of aromatic nitrogens is 4. The molecule has 0 radical (unpaired) electrons. The number of anilines is 2. The monoisotopic (exact) mass is 765 g/mol. The Balaban J connectivity index is 0.000000262. The molecule has 0 amide bonds. The molecule has 4 aromatic carbocycles. The summed E-state index contributed by atoms with van der Waals surface area (Å²) in [5.74, 6) is 1.91. The molecule has 2 aliphatic rings. The van der Waals surface area contributed by atoms with E-state index in [4.69, 9.17) is 9.97 Å². The number of aryl methyl sites for hydroxylation is 2. The zero-order chi connectivity index (χ0) is 41.3. The van der Waals surface area contributed by atoms with Crippen LogP contribution in [0.3, 0.4) is 0 Å². The summed E-state index contributed by atoms with van der Waals surface area (Å²) in [5.41, 5.74) is 8.17. The van der Waals surface area contributed by atoms with Crippen molar-refractivity contribution in [3.63, 3.8) is 0 Å². The number of carbonyl (C=O) groups excluding carboxylic acids is 1. The Labute approximate surface area is 343 Å². The molecule has 2 aromatic heterocycles. The van der Waals surface area contributed by atoms with Gasteiger partial charge in [-0.15, -0.1) is 0 Å². The summed E-state index contributed by atoms with van der Waals surface area (Å²) < 4.78 is 0. The summed E-state index contributed by atoms with van der Waals surface area (Å²) in [5, 5.41) is 0. The van der Waals surface area contributed by atoms with E-state index in [1.807, 2.05) is 128 Å². The molecule has 7 heteroatoms. The van der Waals surface area contributed by atoms with Gasteiger partial charge in [-0.3, -0.25) is 14.8 Å². The largest absolute Gasteiger partial charge is 0.351 e. The molecular weight excluding hydrogens is 701 g/mol. The SMILES string of the molecule is CC.CC.CC.CC.O=C(Cc1ccccc1)c1cnc2c(n1)N(Cc1ccccc1)CCC2.c1ccc(CN2CCCc3ncc(-c4ccccc4)nc32)cc1. The van der Waals surface area contributed by atoms with E-state index in [1.165, 1.54) is 11.1 Å². The number of hydrogen-bond acceptors (Lipinski definition) is 7. The summed E-state index contributed by atoms with van der Waals surface area (Å²) in [6.45, 7) is 19.7. The van der Waals surface area contributed by atoms with Gasteiger partial charge in [0.15, 0.2) is 17.4 Å². The van der Waals surface area contributed by atoms with Crippen molar-refractivity contribution in [1.82, 2.24) is 19.9 Å². The van der Waals surface area contributed by atoms with Gasteiger partial charge in [-0.25, -0.2) is 9.97 Å². The van der Waals surface area contributed by atoms with E-state index in [1.54, 1.807) is 6.20 Å². The van der Waals surface area contributed by atoms with Gasteiger partial charge >= 0.3 is 0 Å². The van der Waals surface area contributed by atoms with Crippen LogP contribution >= 0.6 is 0 Å². The predicted octanol–water partition coefficient (Wildman–Crippen LogP) is 12.1. The fraction of sp³-hybridized carbons (Fsp3) is 0.340. The number of carbonyl (C=O) groups is 1. The van der Waals surface area contributed by atoms with Gasteiger partial charge in [0.25, 0.3) is 0 Å². The number of nitrogens with zero attached hydrogens (tertiary/aromatic N) is 6. The first-order valence-corrected chi connectivity index (χ1v) is 21.1. The Morgan fingerprint density at radius 3 is 1.39 bits per heavy atom. The van der Waals surface area contributed by atoms with Gasteiger partial charge in [-0.05, 0) is 42.4 Å². The van der Waals surface area contributed by atoms with Crippen molar-refractivity contribution in [3.8, 4) is 11.3 Å². The smallest absolute Gasteiger partial charge is 0.187 e. The number of ketones is 1. The lowest BCUT2D eigenvalue weighted by atomic mass is 10.1. The lowest BCUT2D eigenvalue weighted by Gasteiger charge is -2.29. The molecule has 4 heterocycles. The van der Waals surface area contributed by atoms with Gasteiger partial charge in [0.1, 0.15) is 5.69 Å². The first-order chi connectivity index (χ1) is 28.2. The average Bonchev–Trinajstić information content (AvgIpc) is 3.30. The van der Waals surface area contributed by atoms with Crippen molar-refractivity contribution in [1.29, 1.82) is 0 Å². The maximum Gasteiger partial charge on any atom is 0.187 e. The van der Waals surface area contributed by atoms with Crippen LogP contribution in [0.4, 0.5) is 11.6 Å². The fourth-order valence-electron chi connectivity index (χ4n) is 6.42. The normalized spacial score (nSPS) is 12.0. The highest BCUT2D eigenvalue weighted by Gasteiger charge is 2.23. The number of Topliss-reactive ketones (excluding diaryl/α,β-unsaturated/α-hetero) is 1. The molecule has 0 fully saturated rings. The van der Waals surface area contributed by atoms with Crippen molar-refractivity contribution in [2.45, 2.75) is 101 Å². The van der Waals surface area contributed by atoms with Crippen LogP contribution in [0.2, 0.25) is 0 Å². The van der Waals surface area contributed by atoms with E-state index >= 15 is 0 Å². The minimum Gasteiger partial charge on any atom is -0.351 e. The van der Waals surface area contributed by atoms with Crippen molar-refractivity contribution in [2.24, 2.45) is 0 Å². The van der Waals surface area contributed by atoms with Crippen molar-refractivity contribution in [2.75, 3.05) is 22.9 Å². The Bertz CT molecular complexity index is 1970. The molecule has 2 aliphatic heterocycles. The van der Waals surface area contributed by atoms with Gasteiger partial charge < -0.3 is 9.80 Å². The van der Waals surface area contributed by atoms with Gasteiger partial charge in [0, 0.05) is 38.2 Å². The van der Waals surface area contributed by atoms with Crippen LogP contribution in [-0.2, 0) is 32.4 Å². The van der Waals surface area contributed by atoms with Crippen LogP contribution < -0.4 is 9.80 Å². The maximum absolute atomic E-state index is 12.6. The third-order valence-electron chi connectivity index (χ3n) is 8.93. The number of hydrogen-bond donors (Lipinski definition) is 0. The molecular formula is C50H64N6O. The third-order valence-corrected chi connectivity index (χ3v) is 8.93. The van der Waals surface area contributed by atoms with Crippen LogP contribution in [0, 0.1) is 0 Å². The van der Waals surface area contributed by atoms with E-state index in [0.29, 0.717) is 12.1 Å². The Morgan fingerprint density at radius 2 is 0.912 bits per heavy atom. The van der Waals surface area contributed by atoms with Crippen molar-refractivity contribution in [3.05, 3.63) is 167 Å². The maximum atomic E-state index is 12.6. The second-order valence-electron chi connectivity index (χ2n) is 12.5. The topological polar surface area (TPSA) is 75.1 Å². The molecule has 7 nitrogen and oxygen atoms in total. The molecule has 0 saturated carbocycles. The van der Waals surface area contributed by atoms with Crippen LogP contribution in [0.5, 0.6) is 0 Å². The molecule has 0 atom stereocenters. The highest BCUT2D eigenvalue weighted by atomic mass is 16.1. The highest BCUT2D eigenvalue weighted by Crippen LogP contribution is 2.28. The minimum absolute atomic E-state index is 0.0109. The molecule has 300 valence electrons. The molecule has 57 heavy (non-hydrogen) atoms. The molecule has 0 saturated heterocycles. The standard InChI is InChI=1S/C22H21N3O.C20H19N3.4C2H6/c26-21(14-17-8-3-1-4-9-17)20-15-23-19-12-7-13-25(22(19)24-20)16-18-10-5-2-6-11-18;1-3-8-16(9-4-1)15-23-13-7-12-18-20(23)22-19(14-21-18)17-10-5-2-6-11-17;4*1-2/h1-6,8-11,15H,7,12-14,16H2;1-6,8-11,14H,7,12-13,15H2;4*1-2H3. The molecule has 6 aromatic rings. The molecule has 0 aliphatic carbocycles. The number of rotatable bonds is 8. The Kier molecular flexibility index (Phi) is 21.0. The van der Waals surface area contributed by atoms with Crippen LogP contribution in [0.25, 0.3) is 11.3 Å². The molecule has 0 spiro atoms. The molecule has 0 N–H and O–H groups in total. The number of fused-ring (bicyclic) bond motifs is 2. The summed E-state index contributed by atoms with van der Waals surface area (Å²) >= 11 is 0. The minimum atomic E-state index is 0.0109.